The normalized spacial score (nSPS) is 12.0. The minimum Gasteiger partial charge on any atom is -0.483 e. The number of carbonyl (C=O) groups is 1. The van der Waals surface area contributed by atoms with Crippen molar-refractivity contribution in [2.45, 2.75) is 33.4 Å². The molecule has 0 spiro atoms. The van der Waals surface area contributed by atoms with E-state index in [0.717, 1.165) is 38.2 Å². The zero-order valence-corrected chi connectivity index (χ0v) is 17.9. The van der Waals surface area contributed by atoms with E-state index in [0.29, 0.717) is 6.54 Å². The first-order chi connectivity index (χ1) is 13.3. The molecule has 3 aromatic rings. The van der Waals surface area contributed by atoms with Gasteiger partial charge in [0.25, 0.3) is 5.91 Å². The Balaban J connectivity index is 1.73. The molecule has 2 aromatic carbocycles. The Hall–Kier alpha value is -2.60. The molecule has 0 fully saturated rings. The summed E-state index contributed by atoms with van der Waals surface area (Å²) in [7, 11) is 0. The van der Waals surface area contributed by atoms with Crippen LogP contribution < -0.4 is 10.1 Å². The lowest BCUT2D eigenvalue weighted by atomic mass is 10.1. The SMILES string of the molecule is C=C(Br)Cn1c(C(C)NC(=O)COc2cc(C)ccc2C)nc2ccccc21. The highest BCUT2D eigenvalue weighted by Gasteiger charge is 2.19. The number of nitrogens with one attached hydrogen (secondary N) is 1. The molecular formula is C22H24BrN3O2. The third-order valence-electron chi connectivity index (χ3n) is 4.48. The maximum Gasteiger partial charge on any atom is 0.258 e. The van der Waals surface area contributed by atoms with E-state index in [2.05, 4.69) is 32.4 Å². The molecule has 0 saturated heterocycles. The van der Waals surface area contributed by atoms with Gasteiger partial charge in [-0.3, -0.25) is 4.79 Å². The smallest absolute Gasteiger partial charge is 0.258 e. The van der Waals surface area contributed by atoms with E-state index in [1.807, 2.05) is 63.2 Å². The summed E-state index contributed by atoms with van der Waals surface area (Å²) in [5, 5.41) is 2.98. The molecule has 0 saturated carbocycles. The average molecular weight is 442 g/mol. The Morgan fingerprint density at radius 2 is 2.04 bits per heavy atom. The van der Waals surface area contributed by atoms with Crippen LogP contribution in [-0.4, -0.2) is 22.1 Å². The second kappa shape index (κ2) is 8.61. The number of para-hydroxylation sites is 2. The van der Waals surface area contributed by atoms with Crippen molar-refractivity contribution >= 4 is 32.9 Å². The lowest BCUT2D eigenvalue weighted by molar-refractivity contribution is -0.123. The Morgan fingerprint density at radius 1 is 1.29 bits per heavy atom. The molecule has 0 radical (unpaired) electrons. The van der Waals surface area contributed by atoms with Crippen molar-refractivity contribution in [1.82, 2.24) is 14.9 Å². The molecule has 0 bridgehead atoms. The Bertz CT molecular complexity index is 1030. The third-order valence-corrected chi connectivity index (χ3v) is 4.73. The Morgan fingerprint density at radius 3 is 2.79 bits per heavy atom. The van der Waals surface area contributed by atoms with Crippen molar-refractivity contribution in [1.29, 1.82) is 0 Å². The van der Waals surface area contributed by atoms with Crippen LogP contribution in [0, 0.1) is 13.8 Å². The van der Waals surface area contributed by atoms with Gasteiger partial charge in [0.1, 0.15) is 11.6 Å². The third kappa shape index (κ3) is 4.62. The van der Waals surface area contributed by atoms with Crippen molar-refractivity contribution < 1.29 is 9.53 Å². The van der Waals surface area contributed by atoms with Gasteiger partial charge in [-0.05, 0) is 50.1 Å². The number of carbonyl (C=O) groups excluding carboxylic acids is 1. The van der Waals surface area contributed by atoms with Crippen LogP contribution in [0.5, 0.6) is 5.75 Å². The maximum absolute atomic E-state index is 12.4. The summed E-state index contributed by atoms with van der Waals surface area (Å²) in [6, 6.07) is 13.6. The summed E-state index contributed by atoms with van der Waals surface area (Å²) >= 11 is 3.43. The van der Waals surface area contributed by atoms with Crippen LogP contribution in [0.1, 0.15) is 29.9 Å². The summed E-state index contributed by atoms with van der Waals surface area (Å²) in [6.45, 7) is 10.4. The molecule has 1 amide bonds. The molecule has 0 aliphatic carbocycles. The molecule has 3 rings (SSSR count). The number of aryl methyl sites for hydroxylation is 2. The number of imidazole rings is 1. The van der Waals surface area contributed by atoms with Crippen molar-refractivity contribution in [3.63, 3.8) is 0 Å². The number of nitrogens with zero attached hydrogens (tertiary/aromatic N) is 2. The monoisotopic (exact) mass is 441 g/mol. The molecule has 6 heteroatoms. The second-order valence-corrected chi connectivity index (χ2v) is 8.03. The van der Waals surface area contributed by atoms with E-state index < -0.39 is 0 Å². The number of hydrogen-bond acceptors (Lipinski definition) is 3. The quantitative estimate of drug-likeness (QED) is 0.571. The van der Waals surface area contributed by atoms with Crippen molar-refractivity contribution in [2.75, 3.05) is 6.61 Å². The number of hydrogen-bond donors (Lipinski definition) is 1. The molecule has 1 atom stereocenters. The molecular weight excluding hydrogens is 418 g/mol. The van der Waals surface area contributed by atoms with Crippen LogP contribution in [0.2, 0.25) is 0 Å². The van der Waals surface area contributed by atoms with Crippen molar-refractivity contribution in [2.24, 2.45) is 0 Å². The first-order valence-electron chi connectivity index (χ1n) is 9.13. The van der Waals surface area contributed by atoms with Gasteiger partial charge in [-0.1, -0.05) is 46.8 Å². The van der Waals surface area contributed by atoms with E-state index in [9.17, 15) is 4.79 Å². The number of halogens is 1. The number of benzene rings is 2. The molecule has 0 aliphatic heterocycles. The molecule has 146 valence electrons. The molecule has 1 aromatic heterocycles. The van der Waals surface area contributed by atoms with Crippen molar-refractivity contribution in [3.05, 3.63) is 70.5 Å². The largest absolute Gasteiger partial charge is 0.483 e. The molecule has 28 heavy (non-hydrogen) atoms. The highest BCUT2D eigenvalue weighted by molar-refractivity contribution is 9.11. The van der Waals surface area contributed by atoms with Gasteiger partial charge in [-0.15, -0.1) is 0 Å². The van der Waals surface area contributed by atoms with E-state index >= 15 is 0 Å². The summed E-state index contributed by atoms with van der Waals surface area (Å²) in [6.07, 6.45) is 0. The van der Waals surface area contributed by atoms with Crippen LogP contribution >= 0.6 is 15.9 Å². The predicted molar refractivity (Wildman–Crippen MR) is 116 cm³/mol. The lowest BCUT2D eigenvalue weighted by Crippen LogP contribution is -2.32. The fraction of sp³-hybridized carbons (Fsp3) is 0.273. The average Bonchev–Trinajstić information content (AvgIpc) is 3.00. The van der Waals surface area contributed by atoms with E-state index in [-0.39, 0.29) is 18.6 Å². The van der Waals surface area contributed by atoms with E-state index in [1.54, 1.807) is 0 Å². The van der Waals surface area contributed by atoms with Gasteiger partial charge in [-0.2, -0.15) is 0 Å². The topological polar surface area (TPSA) is 56.2 Å². The lowest BCUT2D eigenvalue weighted by Gasteiger charge is -2.17. The fourth-order valence-corrected chi connectivity index (χ4v) is 3.37. The van der Waals surface area contributed by atoms with Crippen LogP contribution in [0.25, 0.3) is 11.0 Å². The predicted octanol–water partition coefficient (Wildman–Crippen LogP) is 4.82. The second-order valence-electron chi connectivity index (χ2n) is 6.91. The molecule has 5 nitrogen and oxygen atoms in total. The van der Waals surface area contributed by atoms with Crippen LogP contribution in [0.3, 0.4) is 0 Å². The highest BCUT2D eigenvalue weighted by atomic mass is 79.9. The Kier molecular flexibility index (Phi) is 6.19. The molecule has 1 N–H and O–H groups in total. The zero-order valence-electron chi connectivity index (χ0n) is 16.3. The Labute approximate surface area is 173 Å². The van der Waals surface area contributed by atoms with Gasteiger partial charge in [-0.25, -0.2) is 4.98 Å². The highest BCUT2D eigenvalue weighted by Crippen LogP contribution is 2.23. The number of amides is 1. The van der Waals surface area contributed by atoms with Crippen molar-refractivity contribution in [3.8, 4) is 5.75 Å². The number of ether oxygens (including phenoxy) is 1. The van der Waals surface area contributed by atoms with Crippen LogP contribution in [0.4, 0.5) is 0 Å². The summed E-state index contributed by atoms with van der Waals surface area (Å²) in [5.74, 6) is 1.32. The van der Waals surface area contributed by atoms with Gasteiger partial charge in [0.15, 0.2) is 6.61 Å². The first kappa shape index (κ1) is 20.1. The summed E-state index contributed by atoms with van der Waals surface area (Å²) < 4.78 is 8.61. The maximum atomic E-state index is 12.4. The van der Waals surface area contributed by atoms with Crippen LogP contribution in [0.15, 0.2) is 53.5 Å². The number of aromatic nitrogens is 2. The van der Waals surface area contributed by atoms with Gasteiger partial charge < -0.3 is 14.6 Å². The number of fused-ring (bicyclic) bond motifs is 1. The fourth-order valence-electron chi connectivity index (χ4n) is 3.12. The van der Waals surface area contributed by atoms with E-state index in [4.69, 9.17) is 9.72 Å². The summed E-state index contributed by atoms with van der Waals surface area (Å²) in [5.41, 5.74) is 3.99. The van der Waals surface area contributed by atoms with Gasteiger partial charge >= 0.3 is 0 Å². The van der Waals surface area contributed by atoms with Gasteiger partial charge in [0.05, 0.1) is 23.6 Å². The molecule has 1 heterocycles. The number of allylic oxidation sites excluding steroid dienone is 1. The minimum absolute atomic E-state index is 0.0417. The van der Waals surface area contributed by atoms with E-state index in [1.165, 1.54) is 0 Å². The zero-order chi connectivity index (χ0) is 20.3. The molecule has 0 aliphatic rings. The minimum atomic E-state index is -0.269. The number of rotatable bonds is 7. The molecule has 1 unspecified atom stereocenters. The van der Waals surface area contributed by atoms with Gasteiger partial charge in [0, 0.05) is 4.48 Å². The van der Waals surface area contributed by atoms with Gasteiger partial charge in [0.2, 0.25) is 0 Å². The first-order valence-corrected chi connectivity index (χ1v) is 9.92. The standard InChI is InChI=1S/C22H24BrN3O2/c1-14-9-10-15(2)20(11-14)28-13-21(27)24-17(4)22-25-18-7-5-6-8-19(18)26(22)12-16(3)23/h5-11,17H,3,12-13H2,1-2,4H3,(H,24,27). The summed E-state index contributed by atoms with van der Waals surface area (Å²) in [4.78, 5) is 17.2. The van der Waals surface area contributed by atoms with Crippen LogP contribution in [-0.2, 0) is 11.3 Å².